The Kier molecular flexibility index (Phi) is 5.01. The molecule has 2 aromatic carbocycles. The van der Waals surface area contributed by atoms with Crippen molar-refractivity contribution in [3.05, 3.63) is 74.7 Å². The molecule has 0 heterocycles. The van der Waals surface area contributed by atoms with Crippen LogP contribution in [-0.4, -0.2) is 0 Å². The highest BCUT2D eigenvalue weighted by Gasteiger charge is 2.01. The molecule has 0 N–H and O–H groups in total. The monoisotopic (exact) mass is 374 g/mol. The molecule has 2 rings (SSSR count). The fraction of sp³-hybridized carbons (Fsp3) is 0.0588. The number of rotatable bonds is 1. The van der Waals surface area contributed by atoms with Gasteiger partial charge in [0.25, 0.3) is 0 Å². The Hall–Kier alpha value is -1.30. The van der Waals surface area contributed by atoms with E-state index >= 15 is 0 Å². The van der Waals surface area contributed by atoms with Crippen molar-refractivity contribution >= 4 is 37.4 Å². The molecule has 2 heteroatoms. The largest absolute Gasteiger partial charge is 0.0766 e. The minimum absolute atomic E-state index is 0.866. The van der Waals surface area contributed by atoms with E-state index in [4.69, 9.17) is 0 Å². The summed E-state index contributed by atoms with van der Waals surface area (Å²) >= 11 is 6.91. The van der Waals surface area contributed by atoms with Gasteiger partial charge in [-0.05, 0) is 56.5 Å². The molecule has 94 valence electrons. The average molecular weight is 376 g/mol. The van der Waals surface area contributed by atoms with Crippen molar-refractivity contribution in [2.75, 3.05) is 0 Å². The summed E-state index contributed by atoms with van der Waals surface area (Å²) in [5.41, 5.74) is 4.29. The van der Waals surface area contributed by atoms with Crippen molar-refractivity contribution < 1.29 is 0 Å². The van der Waals surface area contributed by atoms with Crippen LogP contribution < -0.4 is 0 Å². The molecule has 0 radical (unpaired) electrons. The van der Waals surface area contributed by atoms with E-state index in [0.29, 0.717) is 0 Å². The van der Waals surface area contributed by atoms with Gasteiger partial charge in [0.05, 0.1) is 8.96 Å². The molecule has 19 heavy (non-hydrogen) atoms. The summed E-state index contributed by atoms with van der Waals surface area (Å²) in [6.45, 7) is 2.07. The van der Waals surface area contributed by atoms with Gasteiger partial charge in [-0.2, -0.15) is 0 Å². The molecule has 0 unspecified atom stereocenters. The van der Waals surface area contributed by atoms with Crippen LogP contribution in [0, 0.1) is 18.8 Å². The van der Waals surface area contributed by atoms with E-state index in [2.05, 4.69) is 62.8 Å². The second kappa shape index (κ2) is 6.75. The van der Waals surface area contributed by atoms with Crippen LogP contribution in [0.5, 0.6) is 0 Å². The van der Waals surface area contributed by atoms with Gasteiger partial charge in [0.1, 0.15) is 0 Å². The highest BCUT2D eigenvalue weighted by Crippen LogP contribution is 2.26. The maximum atomic E-state index is 3.46. The van der Waals surface area contributed by atoms with Crippen molar-refractivity contribution in [1.82, 2.24) is 0 Å². The molecule has 0 fully saturated rings. The molecule has 0 bridgehead atoms. The minimum atomic E-state index is 0.866. The molecular formula is C17H12Br2. The number of halogens is 2. The predicted octanol–water partition coefficient (Wildman–Crippen LogP) is 5.51. The van der Waals surface area contributed by atoms with Crippen molar-refractivity contribution in [1.29, 1.82) is 0 Å². The van der Waals surface area contributed by atoms with Gasteiger partial charge >= 0.3 is 0 Å². The molecule has 0 atom stereocenters. The van der Waals surface area contributed by atoms with Crippen LogP contribution >= 0.6 is 31.9 Å². The molecule has 0 nitrogen and oxygen atoms in total. The zero-order chi connectivity index (χ0) is 13.7. The van der Waals surface area contributed by atoms with Gasteiger partial charge in [0.15, 0.2) is 0 Å². The van der Waals surface area contributed by atoms with Gasteiger partial charge in [0.2, 0.25) is 0 Å². The Bertz CT molecular complexity index is 637. The lowest BCUT2D eigenvalue weighted by Crippen LogP contribution is -1.82. The summed E-state index contributed by atoms with van der Waals surface area (Å²) in [6, 6.07) is 18.3. The van der Waals surface area contributed by atoms with Crippen molar-refractivity contribution in [3.8, 4) is 11.8 Å². The van der Waals surface area contributed by atoms with Crippen LogP contribution in [0.15, 0.2) is 58.0 Å². The topological polar surface area (TPSA) is 0 Å². The van der Waals surface area contributed by atoms with Crippen molar-refractivity contribution in [3.63, 3.8) is 0 Å². The first kappa shape index (κ1) is 14.1. The van der Waals surface area contributed by atoms with Crippen molar-refractivity contribution in [2.45, 2.75) is 6.92 Å². The Balaban J connectivity index is 2.35. The Labute approximate surface area is 130 Å². The summed E-state index contributed by atoms with van der Waals surface area (Å²) < 4.78 is 0.866. The zero-order valence-corrected chi connectivity index (χ0v) is 13.6. The quantitative estimate of drug-likeness (QED) is 0.577. The Morgan fingerprint density at radius 3 is 2.11 bits per heavy atom. The first-order chi connectivity index (χ1) is 9.16. The third-order valence-electron chi connectivity index (χ3n) is 2.63. The average Bonchev–Trinajstić information content (AvgIpc) is 2.42. The van der Waals surface area contributed by atoms with Crippen LogP contribution in [0.25, 0.3) is 5.57 Å². The lowest BCUT2D eigenvalue weighted by molar-refractivity contribution is 1.46. The predicted molar refractivity (Wildman–Crippen MR) is 89.3 cm³/mol. The molecule has 0 spiro atoms. The molecule has 2 aromatic rings. The van der Waals surface area contributed by atoms with Crippen LogP contribution in [-0.2, 0) is 0 Å². The molecule has 0 aliphatic carbocycles. The number of hydrogen-bond acceptors (Lipinski definition) is 0. The SMILES string of the molecule is Cc1ccc(C#CC(=C(Br)Br)c2ccccc2)cc1. The maximum Gasteiger partial charge on any atom is 0.0766 e. The first-order valence-electron chi connectivity index (χ1n) is 5.86. The Morgan fingerprint density at radius 2 is 1.53 bits per heavy atom. The first-order valence-corrected chi connectivity index (χ1v) is 7.45. The second-order valence-corrected chi connectivity index (χ2v) is 6.77. The molecule has 0 amide bonds. The van der Waals surface area contributed by atoms with E-state index in [9.17, 15) is 0 Å². The molecule has 0 aliphatic rings. The fourth-order valence-corrected chi connectivity index (χ4v) is 2.26. The van der Waals surface area contributed by atoms with E-state index < -0.39 is 0 Å². The number of allylic oxidation sites excluding steroid dienone is 1. The van der Waals surface area contributed by atoms with Gasteiger partial charge in [-0.25, -0.2) is 0 Å². The number of aryl methyl sites for hydroxylation is 1. The van der Waals surface area contributed by atoms with Gasteiger partial charge < -0.3 is 0 Å². The van der Waals surface area contributed by atoms with Gasteiger partial charge in [-0.1, -0.05) is 59.9 Å². The molecule has 0 aromatic heterocycles. The lowest BCUT2D eigenvalue weighted by atomic mass is 10.1. The van der Waals surface area contributed by atoms with Crippen LogP contribution in [0.3, 0.4) is 0 Å². The van der Waals surface area contributed by atoms with E-state index in [1.165, 1.54) is 5.56 Å². The van der Waals surface area contributed by atoms with Crippen LogP contribution in [0.4, 0.5) is 0 Å². The summed E-state index contributed by atoms with van der Waals surface area (Å²) in [6.07, 6.45) is 0. The van der Waals surface area contributed by atoms with Gasteiger partial charge in [-0.15, -0.1) is 0 Å². The molecular weight excluding hydrogens is 364 g/mol. The molecule has 0 saturated carbocycles. The van der Waals surface area contributed by atoms with Gasteiger partial charge in [0, 0.05) is 5.56 Å². The van der Waals surface area contributed by atoms with E-state index in [1.807, 2.05) is 42.5 Å². The highest BCUT2D eigenvalue weighted by atomic mass is 79.9. The summed E-state index contributed by atoms with van der Waals surface area (Å²) in [7, 11) is 0. The highest BCUT2D eigenvalue weighted by molar-refractivity contribution is 9.28. The third kappa shape index (κ3) is 4.09. The second-order valence-electron chi connectivity index (χ2n) is 4.12. The summed E-state index contributed by atoms with van der Waals surface area (Å²) in [5, 5.41) is 0. The van der Waals surface area contributed by atoms with E-state index in [0.717, 1.165) is 20.1 Å². The van der Waals surface area contributed by atoms with Crippen molar-refractivity contribution in [2.24, 2.45) is 0 Å². The summed E-state index contributed by atoms with van der Waals surface area (Å²) in [5.74, 6) is 6.39. The van der Waals surface area contributed by atoms with Crippen LogP contribution in [0.2, 0.25) is 0 Å². The van der Waals surface area contributed by atoms with Crippen LogP contribution in [0.1, 0.15) is 16.7 Å². The molecule has 0 saturated heterocycles. The minimum Gasteiger partial charge on any atom is -0.0622 e. The van der Waals surface area contributed by atoms with E-state index in [1.54, 1.807) is 0 Å². The Morgan fingerprint density at radius 1 is 0.895 bits per heavy atom. The zero-order valence-electron chi connectivity index (χ0n) is 10.5. The smallest absolute Gasteiger partial charge is 0.0622 e. The number of hydrogen-bond donors (Lipinski definition) is 0. The molecule has 0 aliphatic heterocycles. The normalized spacial score (nSPS) is 9.42. The number of benzene rings is 2. The summed E-state index contributed by atoms with van der Waals surface area (Å²) in [4.78, 5) is 0. The fourth-order valence-electron chi connectivity index (χ4n) is 1.60. The maximum absolute atomic E-state index is 3.46. The standard InChI is InChI=1S/C17H12Br2/c1-13-7-9-14(10-8-13)11-12-16(17(18)19)15-5-3-2-4-6-15/h2-10H,1H3. The van der Waals surface area contributed by atoms with E-state index in [-0.39, 0.29) is 0 Å². The third-order valence-corrected chi connectivity index (χ3v) is 3.43. The van der Waals surface area contributed by atoms with Gasteiger partial charge in [-0.3, -0.25) is 0 Å². The lowest BCUT2D eigenvalue weighted by Gasteiger charge is -2.00.